The second-order valence-electron chi connectivity index (χ2n) is 6.87. The highest BCUT2D eigenvalue weighted by Gasteiger charge is 2.45. The van der Waals surface area contributed by atoms with E-state index in [0.717, 1.165) is 11.3 Å². The highest BCUT2D eigenvalue weighted by Crippen LogP contribution is 2.43. The molecule has 1 aromatic carbocycles. The van der Waals surface area contributed by atoms with Gasteiger partial charge in [0.25, 0.3) is 5.91 Å². The number of hydrogen-bond acceptors (Lipinski definition) is 8. The van der Waals surface area contributed by atoms with Gasteiger partial charge in [-0.1, -0.05) is 41.7 Å². The zero-order valence-electron chi connectivity index (χ0n) is 17.1. The fourth-order valence-corrected chi connectivity index (χ4v) is 4.42. The Labute approximate surface area is 187 Å². The molecule has 0 radical (unpaired) electrons. The molecule has 1 amide bonds. The third-order valence-electron chi connectivity index (χ3n) is 4.89. The van der Waals surface area contributed by atoms with Gasteiger partial charge in [0.15, 0.2) is 16.7 Å². The summed E-state index contributed by atoms with van der Waals surface area (Å²) in [6.45, 7) is 1.62. The van der Waals surface area contributed by atoms with Crippen LogP contribution >= 0.6 is 11.3 Å². The summed E-state index contributed by atoms with van der Waals surface area (Å²) < 4.78 is 9.97. The largest absolute Gasteiger partial charge is 0.503 e. The maximum atomic E-state index is 13.1. The number of aryl methyl sites for hydroxylation is 1. The lowest BCUT2D eigenvalue weighted by molar-refractivity contribution is -0.117. The molecule has 2 aromatic heterocycles. The van der Waals surface area contributed by atoms with Gasteiger partial charge in [-0.05, 0) is 36.8 Å². The van der Waals surface area contributed by atoms with Gasteiger partial charge in [0, 0.05) is 0 Å². The van der Waals surface area contributed by atoms with E-state index in [-0.39, 0.29) is 15.6 Å². The van der Waals surface area contributed by atoms with Crippen LogP contribution in [0.15, 0.2) is 70.6 Å². The molecule has 0 saturated carbocycles. The van der Waals surface area contributed by atoms with E-state index in [2.05, 4.69) is 4.98 Å². The molecule has 1 aliphatic heterocycles. The summed E-state index contributed by atoms with van der Waals surface area (Å²) >= 11 is 0.956. The van der Waals surface area contributed by atoms with Crippen LogP contribution in [0.25, 0.3) is 6.08 Å². The number of carbonyl (C=O) groups excluding carboxylic acids is 3. The van der Waals surface area contributed by atoms with Gasteiger partial charge in [0.05, 0.1) is 30.7 Å². The van der Waals surface area contributed by atoms with Crippen LogP contribution in [-0.2, 0) is 14.3 Å². The lowest BCUT2D eigenvalue weighted by Crippen LogP contribution is -2.30. The minimum atomic E-state index is -0.923. The molecular weight excluding hydrogens is 432 g/mol. The minimum Gasteiger partial charge on any atom is -0.503 e. The molecule has 32 heavy (non-hydrogen) atoms. The maximum absolute atomic E-state index is 13.1. The van der Waals surface area contributed by atoms with E-state index in [4.69, 9.17) is 9.15 Å². The summed E-state index contributed by atoms with van der Waals surface area (Å²) in [6, 6.07) is 11.2. The number of anilines is 1. The van der Waals surface area contributed by atoms with Crippen LogP contribution in [0.2, 0.25) is 0 Å². The Kier molecular flexibility index (Phi) is 5.74. The molecule has 0 spiro atoms. The Morgan fingerprint density at radius 1 is 1.22 bits per heavy atom. The number of hydrogen-bond donors (Lipinski definition) is 1. The number of thiazole rings is 1. The molecule has 0 unspecified atom stereocenters. The molecule has 4 rings (SSSR count). The van der Waals surface area contributed by atoms with Crippen LogP contribution < -0.4 is 4.90 Å². The number of allylic oxidation sites excluding steroid dienone is 1. The van der Waals surface area contributed by atoms with Gasteiger partial charge in [-0.25, -0.2) is 9.78 Å². The van der Waals surface area contributed by atoms with Gasteiger partial charge < -0.3 is 14.3 Å². The molecule has 1 aliphatic rings. The first kappa shape index (κ1) is 21.3. The monoisotopic (exact) mass is 450 g/mol. The third-order valence-corrected chi connectivity index (χ3v) is 6.03. The first-order chi connectivity index (χ1) is 15.4. The second kappa shape index (κ2) is 8.64. The third kappa shape index (κ3) is 3.74. The maximum Gasteiger partial charge on any atom is 0.350 e. The van der Waals surface area contributed by atoms with Crippen LogP contribution in [0.5, 0.6) is 0 Å². The Bertz CT molecular complexity index is 1240. The van der Waals surface area contributed by atoms with Crippen LogP contribution in [0.4, 0.5) is 5.13 Å². The summed E-state index contributed by atoms with van der Waals surface area (Å²) in [5.41, 5.74) is 0.900. The summed E-state index contributed by atoms with van der Waals surface area (Å²) in [4.78, 5) is 44.0. The van der Waals surface area contributed by atoms with Gasteiger partial charge in [0.2, 0.25) is 0 Å². The van der Waals surface area contributed by atoms with E-state index >= 15 is 0 Å². The van der Waals surface area contributed by atoms with Crippen molar-refractivity contribution in [2.24, 2.45) is 0 Å². The van der Waals surface area contributed by atoms with E-state index in [1.807, 2.05) is 0 Å². The summed E-state index contributed by atoms with van der Waals surface area (Å²) in [5, 5.41) is 10.8. The van der Waals surface area contributed by atoms with Crippen molar-refractivity contribution in [1.29, 1.82) is 0 Å². The van der Waals surface area contributed by atoms with Gasteiger partial charge >= 0.3 is 5.97 Å². The molecule has 0 fully saturated rings. The van der Waals surface area contributed by atoms with Crippen LogP contribution in [0.1, 0.15) is 32.7 Å². The first-order valence-corrected chi connectivity index (χ1v) is 10.4. The zero-order valence-corrected chi connectivity index (χ0v) is 18.0. The molecule has 1 atom stereocenters. The number of nitrogens with zero attached hydrogens (tertiary/aromatic N) is 2. The SMILES string of the molecule is COC(=O)c1sc(N2C(=O)C(O)=C(C(=O)/C=C/c3ccco3)[C@@H]2c2ccccc2)nc1C. The predicted octanol–water partition coefficient (Wildman–Crippen LogP) is 4.01. The number of benzene rings is 1. The fraction of sp³-hybridized carbons (Fsp3) is 0.130. The number of aliphatic hydroxyl groups is 1. The van der Waals surface area contributed by atoms with Crippen molar-refractivity contribution in [3.63, 3.8) is 0 Å². The predicted molar refractivity (Wildman–Crippen MR) is 117 cm³/mol. The number of methoxy groups -OCH3 is 1. The standard InChI is InChI=1S/C23H18N2O6S/c1-13-20(22(29)30-2)32-23(24-13)25-18(14-7-4-3-5-8-14)17(19(27)21(25)28)16(26)11-10-15-9-6-12-31-15/h3-12,18,27H,1-2H3/b11-10+/t18-/m0/s1. The Balaban J connectivity index is 1.79. The smallest absolute Gasteiger partial charge is 0.350 e. The molecule has 0 bridgehead atoms. The Morgan fingerprint density at radius 3 is 2.62 bits per heavy atom. The van der Waals surface area contributed by atoms with Crippen molar-refractivity contribution in [3.8, 4) is 0 Å². The van der Waals surface area contributed by atoms with Gasteiger partial charge in [0.1, 0.15) is 10.6 Å². The van der Waals surface area contributed by atoms with Crippen molar-refractivity contribution in [2.45, 2.75) is 13.0 Å². The van der Waals surface area contributed by atoms with E-state index in [1.165, 1.54) is 30.4 Å². The molecule has 3 heterocycles. The second-order valence-corrected chi connectivity index (χ2v) is 7.84. The van der Waals surface area contributed by atoms with Crippen molar-refractivity contribution < 1.29 is 28.6 Å². The number of furan rings is 1. The van der Waals surface area contributed by atoms with E-state index in [1.54, 1.807) is 49.4 Å². The van der Waals surface area contributed by atoms with Gasteiger partial charge in [-0.2, -0.15) is 0 Å². The topological polar surface area (TPSA) is 110 Å². The minimum absolute atomic E-state index is 0.0866. The molecule has 9 heteroatoms. The molecule has 0 saturated heterocycles. The summed E-state index contributed by atoms with van der Waals surface area (Å²) in [6.07, 6.45) is 4.17. The number of ketones is 1. The number of ether oxygens (including phenoxy) is 1. The summed E-state index contributed by atoms with van der Waals surface area (Å²) in [5.74, 6) is -2.12. The normalized spacial score (nSPS) is 16.2. The highest BCUT2D eigenvalue weighted by molar-refractivity contribution is 7.17. The van der Waals surface area contributed by atoms with Crippen molar-refractivity contribution >= 4 is 40.2 Å². The number of esters is 1. The van der Waals surface area contributed by atoms with Crippen molar-refractivity contribution in [2.75, 3.05) is 12.0 Å². The Hall–Kier alpha value is -3.98. The first-order valence-electron chi connectivity index (χ1n) is 9.55. The van der Waals surface area contributed by atoms with Crippen LogP contribution in [-0.4, -0.2) is 34.9 Å². The average molecular weight is 450 g/mol. The van der Waals surface area contributed by atoms with E-state index in [9.17, 15) is 19.5 Å². The number of aromatic nitrogens is 1. The molecule has 8 nitrogen and oxygen atoms in total. The zero-order chi connectivity index (χ0) is 22.8. The van der Waals surface area contributed by atoms with Crippen LogP contribution in [0, 0.1) is 6.92 Å². The average Bonchev–Trinajstić information content (AvgIpc) is 3.51. The number of rotatable bonds is 6. The van der Waals surface area contributed by atoms with Gasteiger partial charge in [-0.15, -0.1) is 0 Å². The number of aliphatic hydroxyl groups excluding tert-OH is 1. The van der Waals surface area contributed by atoms with Crippen molar-refractivity contribution in [1.82, 2.24) is 4.98 Å². The van der Waals surface area contributed by atoms with E-state index < -0.39 is 29.5 Å². The van der Waals surface area contributed by atoms with E-state index in [0.29, 0.717) is 17.0 Å². The highest BCUT2D eigenvalue weighted by atomic mass is 32.1. The fourth-order valence-electron chi connectivity index (χ4n) is 3.41. The van der Waals surface area contributed by atoms with Crippen LogP contribution in [0.3, 0.4) is 0 Å². The number of carbonyl (C=O) groups is 3. The quantitative estimate of drug-likeness (QED) is 0.446. The molecule has 3 aromatic rings. The Morgan fingerprint density at radius 2 is 1.97 bits per heavy atom. The molecule has 1 N–H and O–H groups in total. The molecule has 0 aliphatic carbocycles. The molecular formula is C23H18N2O6S. The lowest BCUT2D eigenvalue weighted by atomic mass is 9.96. The van der Waals surface area contributed by atoms with Crippen molar-refractivity contribution in [3.05, 3.63) is 88.0 Å². The lowest BCUT2D eigenvalue weighted by Gasteiger charge is -2.24. The summed E-state index contributed by atoms with van der Waals surface area (Å²) in [7, 11) is 1.25. The van der Waals surface area contributed by atoms with Gasteiger partial charge in [-0.3, -0.25) is 14.5 Å². The molecule has 162 valence electrons. The number of amides is 1.